The number of amides is 1. The summed E-state index contributed by atoms with van der Waals surface area (Å²) >= 11 is 0. The van der Waals surface area contributed by atoms with Crippen LogP contribution in [0.3, 0.4) is 0 Å². The van der Waals surface area contributed by atoms with Crippen LogP contribution < -0.4 is 10.1 Å². The summed E-state index contributed by atoms with van der Waals surface area (Å²) in [6.07, 6.45) is 6.07. The van der Waals surface area contributed by atoms with Crippen molar-refractivity contribution in [2.75, 3.05) is 26.9 Å². The van der Waals surface area contributed by atoms with E-state index in [4.69, 9.17) is 14.5 Å². The fourth-order valence-electron chi connectivity index (χ4n) is 3.83. The first-order valence-electron chi connectivity index (χ1n) is 11.6. The van der Waals surface area contributed by atoms with Gasteiger partial charge in [0.25, 0.3) is 0 Å². The quantitative estimate of drug-likeness (QED) is 0.372. The zero-order valence-corrected chi connectivity index (χ0v) is 19.3. The lowest BCUT2D eigenvalue weighted by Gasteiger charge is -2.11. The Bertz CT molecular complexity index is 983. The van der Waals surface area contributed by atoms with Crippen LogP contribution in [0.5, 0.6) is 5.75 Å². The first-order chi connectivity index (χ1) is 15.7. The number of hydrogen-bond donors (Lipinski definition) is 1. The van der Waals surface area contributed by atoms with Gasteiger partial charge in [0, 0.05) is 26.6 Å². The van der Waals surface area contributed by atoms with Crippen molar-refractivity contribution >= 4 is 16.9 Å². The molecule has 1 aromatic heterocycles. The predicted molar refractivity (Wildman–Crippen MR) is 128 cm³/mol. The molecule has 3 rings (SSSR count). The fourth-order valence-corrected chi connectivity index (χ4v) is 3.83. The van der Waals surface area contributed by atoms with Crippen LogP contribution in [0.25, 0.3) is 11.0 Å². The second kappa shape index (κ2) is 12.9. The molecule has 0 saturated heterocycles. The lowest BCUT2D eigenvalue weighted by atomic mass is 10.2. The van der Waals surface area contributed by atoms with Crippen LogP contribution in [-0.4, -0.2) is 42.3 Å². The molecular weight excluding hydrogens is 402 g/mol. The van der Waals surface area contributed by atoms with Gasteiger partial charge in [-0.2, -0.15) is 0 Å². The van der Waals surface area contributed by atoms with Gasteiger partial charge >= 0.3 is 0 Å². The topological polar surface area (TPSA) is 65.4 Å². The molecule has 0 atom stereocenters. The summed E-state index contributed by atoms with van der Waals surface area (Å²) in [5.74, 6) is 2.06. The Morgan fingerprint density at radius 3 is 2.66 bits per heavy atom. The Morgan fingerprint density at radius 2 is 1.81 bits per heavy atom. The number of nitrogens with one attached hydrogen (secondary N) is 1. The standard InChI is InChI=1S/C26H35N3O3/c1-21-12-5-8-15-24(21)32-19-11-10-18-29-23-14-7-6-13-22(23)28-25(29)16-4-3-9-17-27-26(30)20-31-2/h5-8,12-15H,3-4,9-11,16-20H2,1-2H3,(H,27,30). The molecule has 0 radical (unpaired) electrons. The number of fused-ring (bicyclic) bond motifs is 1. The van der Waals surface area contributed by atoms with E-state index >= 15 is 0 Å². The van der Waals surface area contributed by atoms with Crippen LogP contribution >= 0.6 is 0 Å². The van der Waals surface area contributed by atoms with E-state index in [-0.39, 0.29) is 12.5 Å². The summed E-state index contributed by atoms with van der Waals surface area (Å²) in [6.45, 7) is 4.56. The number of rotatable bonds is 14. The van der Waals surface area contributed by atoms with Gasteiger partial charge in [-0.25, -0.2) is 4.98 Å². The second-order valence-corrected chi connectivity index (χ2v) is 8.08. The molecule has 1 N–H and O–H groups in total. The van der Waals surface area contributed by atoms with Crippen LogP contribution in [0, 0.1) is 6.92 Å². The number of benzene rings is 2. The number of aromatic nitrogens is 2. The molecule has 3 aromatic rings. The van der Waals surface area contributed by atoms with Gasteiger partial charge in [-0.15, -0.1) is 0 Å². The van der Waals surface area contributed by atoms with Gasteiger partial charge in [0.1, 0.15) is 18.2 Å². The van der Waals surface area contributed by atoms with Gasteiger partial charge < -0.3 is 19.4 Å². The minimum Gasteiger partial charge on any atom is -0.493 e. The van der Waals surface area contributed by atoms with Crippen molar-refractivity contribution in [1.82, 2.24) is 14.9 Å². The number of ether oxygens (including phenoxy) is 2. The maximum Gasteiger partial charge on any atom is 0.245 e. The highest BCUT2D eigenvalue weighted by molar-refractivity contribution is 5.77. The molecule has 0 bridgehead atoms. The molecule has 172 valence electrons. The molecule has 0 unspecified atom stereocenters. The van der Waals surface area contributed by atoms with Crippen LogP contribution in [-0.2, 0) is 22.5 Å². The Morgan fingerprint density at radius 1 is 1.00 bits per heavy atom. The van der Waals surface area contributed by atoms with Crippen LogP contribution in [0.15, 0.2) is 48.5 Å². The highest BCUT2D eigenvalue weighted by atomic mass is 16.5. The summed E-state index contributed by atoms with van der Waals surface area (Å²) in [5, 5.41) is 2.87. The smallest absolute Gasteiger partial charge is 0.245 e. The van der Waals surface area contributed by atoms with Crippen molar-refractivity contribution in [2.45, 2.75) is 52.0 Å². The SMILES string of the molecule is COCC(=O)NCCCCCc1nc2ccccc2n1CCCCOc1ccccc1C. The molecule has 6 nitrogen and oxygen atoms in total. The van der Waals surface area contributed by atoms with Crippen molar-refractivity contribution in [2.24, 2.45) is 0 Å². The number of para-hydroxylation sites is 3. The number of carbonyl (C=O) groups is 1. The van der Waals surface area contributed by atoms with E-state index in [1.165, 1.54) is 18.2 Å². The molecule has 2 aromatic carbocycles. The Balaban J connectivity index is 1.46. The number of carbonyl (C=O) groups excluding carboxylic acids is 1. The average molecular weight is 438 g/mol. The number of hydrogen-bond acceptors (Lipinski definition) is 4. The van der Waals surface area contributed by atoms with E-state index in [0.717, 1.165) is 68.8 Å². The molecule has 1 amide bonds. The van der Waals surface area contributed by atoms with Gasteiger partial charge in [-0.05, 0) is 56.4 Å². The van der Waals surface area contributed by atoms with E-state index in [0.29, 0.717) is 6.54 Å². The lowest BCUT2D eigenvalue weighted by molar-refractivity contribution is -0.124. The number of unbranched alkanes of at least 4 members (excludes halogenated alkanes) is 3. The average Bonchev–Trinajstić information content (AvgIpc) is 3.14. The predicted octanol–water partition coefficient (Wildman–Crippen LogP) is 4.68. The Kier molecular flexibility index (Phi) is 9.57. The molecule has 0 saturated carbocycles. The maximum absolute atomic E-state index is 11.4. The molecular formula is C26H35N3O3. The Hall–Kier alpha value is -2.86. The molecule has 0 aliphatic carbocycles. The minimum atomic E-state index is -0.0549. The zero-order chi connectivity index (χ0) is 22.6. The normalized spacial score (nSPS) is 11.1. The molecule has 32 heavy (non-hydrogen) atoms. The van der Waals surface area contributed by atoms with Crippen LogP contribution in [0.1, 0.15) is 43.5 Å². The van der Waals surface area contributed by atoms with E-state index in [2.05, 4.69) is 41.1 Å². The van der Waals surface area contributed by atoms with E-state index in [1.54, 1.807) is 0 Å². The Labute approximate surface area is 190 Å². The van der Waals surface area contributed by atoms with Gasteiger partial charge in [0.15, 0.2) is 0 Å². The highest BCUT2D eigenvalue weighted by Gasteiger charge is 2.10. The third-order valence-electron chi connectivity index (χ3n) is 5.54. The van der Waals surface area contributed by atoms with E-state index < -0.39 is 0 Å². The molecule has 0 aliphatic heterocycles. The number of aryl methyl sites for hydroxylation is 3. The van der Waals surface area contributed by atoms with E-state index in [9.17, 15) is 4.79 Å². The summed E-state index contributed by atoms with van der Waals surface area (Å²) in [6, 6.07) is 16.5. The molecule has 0 aliphatic rings. The summed E-state index contributed by atoms with van der Waals surface area (Å²) < 4.78 is 13.1. The van der Waals surface area contributed by atoms with Crippen molar-refractivity contribution in [3.05, 3.63) is 59.9 Å². The van der Waals surface area contributed by atoms with Crippen LogP contribution in [0.4, 0.5) is 0 Å². The largest absolute Gasteiger partial charge is 0.493 e. The second-order valence-electron chi connectivity index (χ2n) is 8.08. The van der Waals surface area contributed by atoms with Crippen LogP contribution in [0.2, 0.25) is 0 Å². The van der Waals surface area contributed by atoms with Gasteiger partial charge in [-0.1, -0.05) is 36.8 Å². The molecule has 0 fully saturated rings. The lowest BCUT2D eigenvalue weighted by Crippen LogP contribution is -2.27. The van der Waals surface area contributed by atoms with Crippen molar-refractivity contribution in [3.63, 3.8) is 0 Å². The third-order valence-corrected chi connectivity index (χ3v) is 5.54. The van der Waals surface area contributed by atoms with Crippen molar-refractivity contribution < 1.29 is 14.3 Å². The monoisotopic (exact) mass is 437 g/mol. The number of nitrogens with zero attached hydrogens (tertiary/aromatic N) is 2. The molecule has 1 heterocycles. The summed E-state index contributed by atoms with van der Waals surface area (Å²) in [7, 11) is 1.53. The summed E-state index contributed by atoms with van der Waals surface area (Å²) in [5.41, 5.74) is 3.44. The summed E-state index contributed by atoms with van der Waals surface area (Å²) in [4.78, 5) is 16.3. The van der Waals surface area contributed by atoms with Crippen molar-refractivity contribution in [1.29, 1.82) is 0 Å². The third kappa shape index (κ3) is 7.09. The van der Waals surface area contributed by atoms with Gasteiger partial charge in [-0.3, -0.25) is 4.79 Å². The first kappa shape index (κ1) is 23.8. The zero-order valence-electron chi connectivity index (χ0n) is 19.3. The molecule has 6 heteroatoms. The molecule has 0 spiro atoms. The first-order valence-corrected chi connectivity index (χ1v) is 11.6. The van der Waals surface area contributed by atoms with Crippen molar-refractivity contribution in [3.8, 4) is 5.75 Å². The maximum atomic E-state index is 11.4. The minimum absolute atomic E-state index is 0.0549. The highest BCUT2D eigenvalue weighted by Crippen LogP contribution is 2.20. The van der Waals surface area contributed by atoms with E-state index in [1.807, 2.05) is 24.3 Å². The number of methoxy groups -OCH3 is 1. The fraction of sp³-hybridized carbons (Fsp3) is 0.462. The number of imidazole rings is 1. The van der Waals surface area contributed by atoms with Gasteiger partial charge in [0.2, 0.25) is 5.91 Å². The van der Waals surface area contributed by atoms with Gasteiger partial charge in [0.05, 0.1) is 17.6 Å².